The van der Waals surface area contributed by atoms with Crippen molar-refractivity contribution in [2.45, 2.75) is 38.5 Å². The van der Waals surface area contributed by atoms with Gasteiger partial charge in [-0.15, -0.1) is 0 Å². The zero-order chi connectivity index (χ0) is 16.1. The van der Waals surface area contributed by atoms with Gasteiger partial charge in [0.2, 0.25) is 5.91 Å². The molecule has 1 saturated carbocycles. The van der Waals surface area contributed by atoms with Crippen LogP contribution in [0.4, 0.5) is 4.79 Å². The molecule has 0 aromatic carbocycles. The molecule has 6 nitrogen and oxygen atoms in total. The van der Waals surface area contributed by atoms with Crippen molar-refractivity contribution in [3.05, 3.63) is 0 Å². The molecule has 3 rings (SSSR count). The summed E-state index contributed by atoms with van der Waals surface area (Å²) in [6.45, 7) is 4.74. The quantitative estimate of drug-likeness (QED) is 0.855. The number of hydrogen-bond donors (Lipinski definition) is 1. The lowest BCUT2D eigenvalue weighted by atomic mass is 9.96. The normalized spacial score (nSPS) is 26.3. The van der Waals surface area contributed by atoms with Crippen LogP contribution in [0.2, 0.25) is 0 Å². The molecular formula is C17H29N3O3. The van der Waals surface area contributed by atoms with Crippen LogP contribution in [-0.4, -0.2) is 67.7 Å². The molecule has 1 N–H and O–H groups in total. The van der Waals surface area contributed by atoms with E-state index in [1.54, 1.807) is 0 Å². The van der Waals surface area contributed by atoms with Gasteiger partial charge in [-0.3, -0.25) is 4.79 Å². The van der Waals surface area contributed by atoms with Crippen LogP contribution in [0.1, 0.15) is 38.5 Å². The second kappa shape index (κ2) is 7.99. The first-order valence-electron chi connectivity index (χ1n) is 9.13. The van der Waals surface area contributed by atoms with E-state index < -0.39 is 0 Å². The van der Waals surface area contributed by atoms with Gasteiger partial charge in [-0.1, -0.05) is 12.8 Å². The highest BCUT2D eigenvalue weighted by molar-refractivity contribution is 5.81. The van der Waals surface area contributed by atoms with Gasteiger partial charge in [0.1, 0.15) is 0 Å². The molecule has 130 valence electrons. The highest BCUT2D eigenvalue weighted by atomic mass is 16.5. The highest BCUT2D eigenvalue weighted by Gasteiger charge is 2.32. The van der Waals surface area contributed by atoms with Crippen molar-refractivity contribution >= 4 is 11.9 Å². The van der Waals surface area contributed by atoms with Gasteiger partial charge in [0, 0.05) is 32.7 Å². The Hall–Kier alpha value is -1.30. The van der Waals surface area contributed by atoms with E-state index in [1.807, 2.05) is 9.80 Å². The maximum atomic E-state index is 12.6. The number of nitrogens with one attached hydrogen (secondary N) is 1. The standard InChI is InChI=1S/C17H29N3O3/c21-16(19-8-10-23-11-9-19)15-6-3-7-20(13-15)17(22)18-12-14-4-1-2-5-14/h14-15H,1-13H2,(H,18,22). The molecule has 0 spiro atoms. The Morgan fingerprint density at radius 3 is 2.43 bits per heavy atom. The molecular weight excluding hydrogens is 294 g/mol. The van der Waals surface area contributed by atoms with Gasteiger partial charge in [0.25, 0.3) is 0 Å². The zero-order valence-corrected chi connectivity index (χ0v) is 14.0. The van der Waals surface area contributed by atoms with E-state index in [1.165, 1.54) is 25.7 Å². The number of hydrogen-bond acceptors (Lipinski definition) is 3. The number of morpholine rings is 1. The fraction of sp³-hybridized carbons (Fsp3) is 0.882. The van der Waals surface area contributed by atoms with Gasteiger partial charge >= 0.3 is 6.03 Å². The summed E-state index contributed by atoms with van der Waals surface area (Å²) in [6, 6.07) is 0.0105. The van der Waals surface area contributed by atoms with Crippen molar-refractivity contribution in [3.63, 3.8) is 0 Å². The Bertz CT molecular complexity index is 417. The summed E-state index contributed by atoms with van der Waals surface area (Å²) in [5.74, 6) is 0.801. The number of urea groups is 1. The van der Waals surface area contributed by atoms with E-state index >= 15 is 0 Å². The van der Waals surface area contributed by atoms with Crippen LogP contribution in [0, 0.1) is 11.8 Å². The van der Waals surface area contributed by atoms with Crippen molar-refractivity contribution in [2.24, 2.45) is 11.8 Å². The third-order valence-corrected chi connectivity index (χ3v) is 5.40. The summed E-state index contributed by atoms with van der Waals surface area (Å²) in [7, 11) is 0. The molecule has 0 bridgehead atoms. The van der Waals surface area contributed by atoms with Crippen molar-refractivity contribution in [3.8, 4) is 0 Å². The van der Waals surface area contributed by atoms with Crippen molar-refractivity contribution < 1.29 is 14.3 Å². The first-order valence-corrected chi connectivity index (χ1v) is 9.13. The molecule has 23 heavy (non-hydrogen) atoms. The van der Waals surface area contributed by atoms with Crippen molar-refractivity contribution in [1.82, 2.24) is 15.1 Å². The average molecular weight is 323 g/mol. The Balaban J connectivity index is 1.46. The molecule has 1 atom stereocenters. The molecule has 3 amide bonds. The number of likely N-dealkylation sites (tertiary alicyclic amines) is 1. The van der Waals surface area contributed by atoms with Crippen LogP contribution < -0.4 is 5.32 Å². The molecule has 2 heterocycles. The van der Waals surface area contributed by atoms with Crippen LogP contribution in [-0.2, 0) is 9.53 Å². The topological polar surface area (TPSA) is 61.9 Å². The van der Waals surface area contributed by atoms with Gasteiger partial charge in [0.15, 0.2) is 0 Å². The number of carbonyl (C=O) groups excluding carboxylic acids is 2. The van der Waals surface area contributed by atoms with Gasteiger partial charge in [0.05, 0.1) is 19.1 Å². The number of amides is 3. The molecule has 3 fully saturated rings. The lowest BCUT2D eigenvalue weighted by Gasteiger charge is -2.36. The van der Waals surface area contributed by atoms with Crippen LogP contribution >= 0.6 is 0 Å². The van der Waals surface area contributed by atoms with Crippen LogP contribution in [0.5, 0.6) is 0 Å². The first-order chi connectivity index (χ1) is 11.2. The lowest BCUT2D eigenvalue weighted by Crippen LogP contribution is -2.51. The minimum atomic E-state index is -0.0425. The van der Waals surface area contributed by atoms with E-state index in [9.17, 15) is 9.59 Å². The SMILES string of the molecule is O=C(NCC1CCCC1)N1CCCC(C(=O)N2CCOCC2)C1. The van der Waals surface area contributed by atoms with E-state index in [0.29, 0.717) is 38.8 Å². The Morgan fingerprint density at radius 2 is 1.70 bits per heavy atom. The van der Waals surface area contributed by atoms with Crippen molar-refractivity contribution in [2.75, 3.05) is 45.9 Å². The Labute approximate surface area is 138 Å². The molecule has 2 saturated heterocycles. The summed E-state index contributed by atoms with van der Waals surface area (Å²) in [4.78, 5) is 28.7. The van der Waals surface area contributed by atoms with Crippen LogP contribution in [0.3, 0.4) is 0 Å². The molecule has 0 aromatic rings. The summed E-state index contributed by atoms with van der Waals surface area (Å²) in [5.41, 5.74) is 0. The summed E-state index contributed by atoms with van der Waals surface area (Å²) < 4.78 is 5.31. The Kier molecular flexibility index (Phi) is 5.75. The number of piperidine rings is 1. The number of ether oxygens (including phenoxy) is 1. The second-order valence-electron chi connectivity index (χ2n) is 7.06. The van der Waals surface area contributed by atoms with Crippen molar-refractivity contribution in [1.29, 1.82) is 0 Å². The second-order valence-corrected chi connectivity index (χ2v) is 7.06. The maximum absolute atomic E-state index is 12.6. The van der Waals surface area contributed by atoms with Gasteiger partial charge in [-0.05, 0) is 31.6 Å². The summed E-state index contributed by atoms with van der Waals surface area (Å²) >= 11 is 0. The lowest BCUT2D eigenvalue weighted by molar-refractivity contribution is -0.141. The first kappa shape index (κ1) is 16.6. The van der Waals surface area contributed by atoms with E-state index in [0.717, 1.165) is 25.9 Å². The van der Waals surface area contributed by atoms with Crippen LogP contribution in [0.25, 0.3) is 0 Å². The predicted octanol–water partition coefficient (Wildman–Crippen LogP) is 1.46. The molecule has 3 aliphatic rings. The monoisotopic (exact) mass is 323 g/mol. The minimum Gasteiger partial charge on any atom is -0.378 e. The van der Waals surface area contributed by atoms with Gasteiger partial charge < -0.3 is 19.9 Å². The van der Waals surface area contributed by atoms with E-state index in [4.69, 9.17) is 4.74 Å². The molecule has 6 heteroatoms. The number of rotatable bonds is 3. The van der Waals surface area contributed by atoms with E-state index in [-0.39, 0.29) is 17.9 Å². The summed E-state index contributed by atoms with van der Waals surface area (Å²) in [5, 5.41) is 3.08. The smallest absolute Gasteiger partial charge is 0.317 e. The van der Waals surface area contributed by atoms with Crippen LogP contribution in [0.15, 0.2) is 0 Å². The third-order valence-electron chi connectivity index (χ3n) is 5.40. The predicted molar refractivity (Wildman–Crippen MR) is 87.1 cm³/mol. The Morgan fingerprint density at radius 1 is 0.957 bits per heavy atom. The van der Waals surface area contributed by atoms with E-state index in [2.05, 4.69) is 5.32 Å². The zero-order valence-electron chi connectivity index (χ0n) is 14.0. The van der Waals surface area contributed by atoms with Gasteiger partial charge in [-0.25, -0.2) is 4.79 Å². The fourth-order valence-corrected chi connectivity index (χ4v) is 3.96. The molecule has 0 radical (unpaired) electrons. The number of nitrogens with zero attached hydrogens (tertiary/aromatic N) is 2. The number of carbonyl (C=O) groups is 2. The minimum absolute atomic E-state index is 0.0105. The third kappa shape index (κ3) is 4.37. The largest absolute Gasteiger partial charge is 0.378 e. The molecule has 1 aliphatic carbocycles. The summed E-state index contributed by atoms with van der Waals surface area (Å²) in [6.07, 6.45) is 6.86. The molecule has 0 aromatic heterocycles. The molecule has 1 unspecified atom stereocenters. The average Bonchev–Trinajstić information content (AvgIpc) is 3.13. The molecule has 2 aliphatic heterocycles. The maximum Gasteiger partial charge on any atom is 0.317 e. The fourth-order valence-electron chi connectivity index (χ4n) is 3.96. The highest BCUT2D eigenvalue weighted by Crippen LogP contribution is 2.24. The van der Waals surface area contributed by atoms with Gasteiger partial charge in [-0.2, -0.15) is 0 Å².